The van der Waals surface area contributed by atoms with Gasteiger partial charge in [0.1, 0.15) is 0 Å². The second-order valence-corrected chi connectivity index (χ2v) is 7.59. The fourth-order valence-corrected chi connectivity index (χ4v) is 4.17. The second-order valence-electron chi connectivity index (χ2n) is 5.61. The Balaban J connectivity index is 1.91. The van der Waals surface area contributed by atoms with Gasteiger partial charge in [-0.25, -0.2) is 8.42 Å². The molecule has 7 heteroatoms. The van der Waals surface area contributed by atoms with Gasteiger partial charge in [-0.3, -0.25) is 4.79 Å². The molecule has 0 aliphatic carbocycles. The second kappa shape index (κ2) is 5.08. The lowest BCUT2D eigenvalue weighted by atomic mass is 9.74. The third kappa shape index (κ3) is 2.35. The Morgan fingerprint density at radius 3 is 2.52 bits per heavy atom. The van der Waals surface area contributed by atoms with Crippen LogP contribution in [-0.4, -0.2) is 66.7 Å². The van der Waals surface area contributed by atoms with Crippen LogP contribution in [0.2, 0.25) is 0 Å². The van der Waals surface area contributed by atoms with Crippen molar-refractivity contribution in [2.45, 2.75) is 18.0 Å². The van der Waals surface area contributed by atoms with E-state index >= 15 is 0 Å². The van der Waals surface area contributed by atoms with E-state index in [4.69, 9.17) is 0 Å². The van der Waals surface area contributed by atoms with Crippen LogP contribution >= 0.6 is 0 Å². The number of rotatable bonds is 3. The number of nitrogens with zero attached hydrogens (tertiary/aromatic N) is 2. The molecule has 2 aliphatic heterocycles. The van der Waals surface area contributed by atoms with E-state index in [0.29, 0.717) is 6.54 Å². The molecule has 2 heterocycles. The predicted molar refractivity (Wildman–Crippen MR) is 77.1 cm³/mol. The Hall–Kier alpha value is -1.44. The Labute approximate surface area is 124 Å². The minimum atomic E-state index is -3.39. The van der Waals surface area contributed by atoms with Crippen LogP contribution in [0.1, 0.15) is 11.5 Å². The van der Waals surface area contributed by atoms with Crippen molar-refractivity contribution in [1.82, 2.24) is 9.21 Å². The van der Waals surface area contributed by atoms with Crippen molar-refractivity contribution in [2.75, 3.05) is 26.0 Å². The maximum Gasteiger partial charge on any atom is 0.238 e. The van der Waals surface area contributed by atoms with Gasteiger partial charge in [0.15, 0.2) is 0 Å². The van der Waals surface area contributed by atoms with Gasteiger partial charge in [0.25, 0.3) is 0 Å². The predicted octanol–water partition coefficient (Wildman–Crippen LogP) is -0.383. The average molecular weight is 310 g/mol. The Morgan fingerprint density at radius 2 is 1.95 bits per heavy atom. The summed E-state index contributed by atoms with van der Waals surface area (Å²) in [4.78, 5) is 13.8. The number of amides is 1. The van der Waals surface area contributed by atoms with Gasteiger partial charge in [-0.1, -0.05) is 30.3 Å². The Bertz CT molecular complexity index is 646. The van der Waals surface area contributed by atoms with Crippen LogP contribution in [0.15, 0.2) is 30.3 Å². The molecule has 1 N–H and O–H groups in total. The number of benzene rings is 1. The number of hydrogen-bond acceptors (Lipinski definition) is 4. The molecule has 1 amide bonds. The molecule has 114 valence electrons. The summed E-state index contributed by atoms with van der Waals surface area (Å²) in [6, 6.07) is 9.18. The Morgan fingerprint density at radius 1 is 1.29 bits per heavy atom. The van der Waals surface area contributed by atoms with Gasteiger partial charge in [0.2, 0.25) is 15.9 Å². The fourth-order valence-electron chi connectivity index (χ4n) is 3.40. The quantitative estimate of drug-likeness (QED) is 0.825. The maximum absolute atomic E-state index is 12.2. The fraction of sp³-hybridized carbons (Fsp3) is 0.500. The molecule has 6 nitrogen and oxygen atoms in total. The molecular weight excluding hydrogens is 292 g/mol. The number of aliphatic hydroxyl groups is 1. The molecule has 1 aromatic rings. The van der Waals surface area contributed by atoms with Gasteiger partial charge in [0.05, 0.1) is 31.5 Å². The topological polar surface area (TPSA) is 77.9 Å². The third-order valence-electron chi connectivity index (χ3n) is 4.37. The van der Waals surface area contributed by atoms with E-state index in [-0.39, 0.29) is 37.1 Å². The highest BCUT2D eigenvalue weighted by Crippen LogP contribution is 2.42. The molecule has 0 saturated carbocycles. The van der Waals surface area contributed by atoms with E-state index in [0.717, 1.165) is 11.8 Å². The van der Waals surface area contributed by atoms with Crippen molar-refractivity contribution in [3.8, 4) is 0 Å². The zero-order chi connectivity index (χ0) is 15.2. The zero-order valence-electron chi connectivity index (χ0n) is 11.7. The lowest BCUT2D eigenvalue weighted by Gasteiger charge is -2.58. The molecule has 21 heavy (non-hydrogen) atoms. The minimum absolute atomic E-state index is 0.0234. The minimum Gasteiger partial charge on any atom is -0.394 e. The van der Waals surface area contributed by atoms with Crippen LogP contribution in [0.25, 0.3) is 0 Å². The molecule has 2 fully saturated rings. The first-order valence-corrected chi connectivity index (χ1v) is 8.70. The first-order valence-electron chi connectivity index (χ1n) is 6.85. The van der Waals surface area contributed by atoms with Crippen LogP contribution in [0, 0.1) is 0 Å². The number of carbonyl (C=O) groups is 1. The van der Waals surface area contributed by atoms with Crippen LogP contribution in [0.3, 0.4) is 0 Å². The van der Waals surface area contributed by atoms with Gasteiger partial charge in [-0.2, -0.15) is 4.31 Å². The van der Waals surface area contributed by atoms with Crippen LogP contribution < -0.4 is 0 Å². The highest BCUT2D eigenvalue weighted by atomic mass is 32.2. The summed E-state index contributed by atoms with van der Waals surface area (Å²) in [5.74, 6) is -0.257. The zero-order valence-corrected chi connectivity index (χ0v) is 12.5. The number of carbonyl (C=O) groups excluding carboxylic acids is 1. The van der Waals surface area contributed by atoms with Crippen LogP contribution in [0.5, 0.6) is 0 Å². The van der Waals surface area contributed by atoms with Crippen molar-refractivity contribution in [1.29, 1.82) is 0 Å². The maximum atomic E-state index is 12.2. The van der Waals surface area contributed by atoms with Crippen molar-refractivity contribution >= 4 is 15.9 Å². The largest absolute Gasteiger partial charge is 0.394 e. The van der Waals surface area contributed by atoms with Gasteiger partial charge in [-0.15, -0.1) is 0 Å². The van der Waals surface area contributed by atoms with E-state index in [2.05, 4.69) is 0 Å². The first kappa shape index (κ1) is 14.5. The molecule has 3 rings (SSSR count). The highest BCUT2D eigenvalue weighted by molar-refractivity contribution is 7.88. The normalized spacial score (nSPS) is 29.9. The van der Waals surface area contributed by atoms with Gasteiger partial charge in [0, 0.05) is 12.5 Å². The van der Waals surface area contributed by atoms with Crippen molar-refractivity contribution in [3.63, 3.8) is 0 Å². The number of hydrogen-bond donors (Lipinski definition) is 1. The van der Waals surface area contributed by atoms with E-state index in [1.165, 1.54) is 4.31 Å². The van der Waals surface area contributed by atoms with Gasteiger partial charge in [-0.05, 0) is 5.56 Å². The number of sulfonamides is 1. The molecule has 1 aromatic carbocycles. The van der Waals surface area contributed by atoms with E-state index in [1.807, 2.05) is 30.3 Å². The molecule has 2 saturated heterocycles. The SMILES string of the molecule is CS(=O)(=O)N1CC(=O)N2[C@H](CO)[C@H](c3ccccc3)[C@@H]2C1. The smallest absolute Gasteiger partial charge is 0.238 e. The summed E-state index contributed by atoms with van der Waals surface area (Å²) in [5.41, 5.74) is 1.03. The van der Waals surface area contributed by atoms with Crippen LogP contribution in [0.4, 0.5) is 0 Å². The molecule has 0 spiro atoms. The molecular formula is C14H18N2O4S. The summed E-state index contributed by atoms with van der Waals surface area (Å²) in [5, 5.41) is 9.57. The molecule has 2 aliphatic rings. The number of fused-ring (bicyclic) bond motifs is 1. The van der Waals surface area contributed by atoms with Crippen molar-refractivity contribution in [3.05, 3.63) is 35.9 Å². The molecule has 0 aromatic heterocycles. The summed E-state index contributed by atoms with van der Waals surface area (Å²) in [7, 11) is -3.39. The lowest BCUT2D eigenvalue weighted by molar-refractivity contribution is -0.158. The summed E-state index contributed by atoms with van der Waals surface area (Å²) in [6.45, 7) is 0.0503. The molecule has 0 unspecified atom stereocenters. The molecule has 0 bridgehead atoms. The summed E-state index contributed by atoms with van der Waals surface area (Å²) >= 11 is 0. The average Bonchev–Trinajstić information content (AvgIpc) is 2.41. The third-order valence-corrected chi connectivity index (χ3v) is 5.59. The van der Waals surface area contributed by atoms with E-state index in [1.54, 1.807) is 4.90 Å². The van der Waals surface area contributed by atoms with E-state index in [9.17, 15) is 18.3 Å². The number of aliphatic hydroxyl groups excluding tert-OH is 1. The highest BCUT2D eigenvalue weighted by Gasteiger charge is 2.54. The van der Waals surface area contributed by atoms with E-state index < -0.39 is 10.0 Å². The van der Waals surface area contributed by atoms with Crippen LogP contribution in [-0.2, 0) is 14.8 Å². The lowest BCUT2D eigenvalue weighted by Crippen LogP contribution is -2.73. The summed E-state index contributed by atoms with van der Waals surface area (Å²) < 4.78 is 24.6. The molecule has 0 radical (unpaired) electrons. The number of piperazine rings is 1. The van der Waals surface area contributed by atoms with Gasteiger partial charge < -0.3 is 10.0 Å². The standard InChI is InChI=1S/C14H18N2O4S/c1-21(19,20)15-7-11-14(10-5-3-2-4-6-10)12(9-17)16(11)13(18)8-15/h2-6,11-12,14,17H,7-9H2,1H3/t11-,12+,14+/m0/s1. The first-order chi connectivity index (χ1) is 9.93. The van der Waals surface area contributed by atoms with Crippen molar-refractivity contribution < 1.29 is 18.3 Å². The summed E-state index contributed by atoms with van der Waals surface area (Å²) in [6.07, 6.45) is 1.12. The Kier molecular flexibility index (Phi) is 3.51. The van der Waals surface area contributed by atoms with Gasteiger partial charge >= 0.3 is 0 Å². The van der Waals surface area contributed by atoms with Crippen molar-refractivity contribution in [2.24, 2.45) is 0 Å². The monoisotopic (exact) mass is 310 g/mol. The molecule has 3 atom stereocenters.